The third-order valence-corrected chi connectivity index (χ3v) is 6.64. The van der Waals surface area contributed by atoms with E-state index in [4.69, 9.17) is 0 Å². The molecule has 2 saturated carbocycles. The Kier molecular flexibility index (Phi) is 6.71. The van der Waals surface area contributed by atoms with Gasteiger partial charge in [-0.25, -0.2) is 8.78 Å². The van der Waals surface area contributed by atoms with Crippen LogP contribution in [-0.2, 0) is 0 Å². The van der Waals surface area contributed by atoms with Crippen molar-refractivity contribution in [3.05, 3.63) is 0 Å². The van der Waals surface area contributed by atoms with E-state index >= 15 is 0 Å². The Hall–Kier alpha value is -0.140. The molecule has 22 heavy (non-hydrogen) atoms. The summed E-state index contributed by atoms with van der Waals surface area (Å²) in [5.41, 5.74) is 0. The van der Waals surface area contributed by atoms with Crippen LogP contribution < -0.4 is 0 Å². The molecule has 0 saturated heterocycles. The summed E-state index contributed by atoms with van der Waals surface area (Å²) in [6, 6.07) is 0. The van der Waals surface area contributed by atoms with Crippen LogP contribution in [0.4, 0.5) is 8.78 Å². The monoisotopic (exact) mass is 314 g/mol. The molecule has 2 aliphatic rings. The van der Waals surface area contributed by atoms with Crippen LogP contribution in [0.3, 0.4) is 0 Å². The average Bonchev–Trinajstić information content (AvgIpc) is 2.47. The number of rotatable bonds is 5. The molecule has 0 aromatic rings. The summed E-state index contributed by atoms with van der Waals surface area (Å²) in [7, 11) is 0. The van der Waals surface area contributed by atoms with E-state index in [1.807, 2.05) is 13.8 Å². The fourth-order valence-corrected chi connectivity index (χ4v) is 4.80. The summed E-state index contributed by atoms with van der Waals surface area (Å²) in [6.45, 7) is 8.25. The second-order valence-corrected chi connectivity index (χ2v) is 8.75. The SMILES string of the molecule is CC1CCC(C2CCC(C(C)CC(F)C(C)C)C(F)C2)CC1. The molecule has 0 radical (unpaired) electrons. The number of hydrogen-bond donors (Lipinski definition) is 0. The maximum atomic E-state index is 14.7. The van der Waals surface area contributed by atoms with Crippen LogP contribution in [0.1, 0.15) is 79.1 Å². The Morgan fingerprint density at radius 1 is 0.909 bits per heavy atom. The molecular formula is C20H36F2. The van der Waals surface area contributed by atoms with Gasteiger partial charge in [-0.1, -0.05) is 40.5 Å². The predicted octanol–water partition coefficient (Wildman–Crippen LogP) is 6.59. The quantitative estimate of drug-likeness (QED) is 0.537. The van der Waals surface area contributed by atoms with E-state index in [-0.39, 0.29) is 17.8 Å². The fourth-order valence-electron chi connectivity index (χ4n) is 4.80. The lowest BCUT2D eigenvalue weighted by molar-refractivity contribution is 0.0420. The number of hydrogen-bond acceptors (Lipinski definition) is 0. The van der Waals surface area contributed by atoms with Gasteiger partial charge in [-0.15, -0.1) is 0 Å². The molecule has 0 aliphatic heterocycles. The molecule has 0 aromatic carbocycles. The van der Waals surface area contributed by atoms with E-state index in [0.29, 0.717) is 12.3 Å². The summed E-state index contributed by atoms with van der Waals surface area (Å²) in [4.78, 5) is 0. The highest BCUT2D eigenvalue weighted by Crippen LogP contribution is 2.44. The first-order chi connectivity index (χ1) is 10.4. The van der Waals surface area contributed by atoms with Crippen molar-refractivity contribution in [1.29, 1.82) is 0 Å². The molecule has 2 rings (SSSR count). The molecule has 2 aliphatic carbocycles. The van der Waals surface area contributed by atoms with Crippen molar-refractivity contribution in [3.63, 3.8) is 0 Å². The van der Waals surface area contributed by atoms with Crippen molar-refractivity contribution >= 4 is 0 Å². The van der Waals surface area contributed by atoms with Gasteiger partial charge in [0.05, 0.1) is 0 Å². The van der Waals surface area contributed by atoms with Crippen molar-refractivity contribution in [2.24, 2.45) is 35.5 Å². The van der Waals surface area contributed by atoms with E-state index < -0.39 is 12.3 Å². The lowest BCUT2D eigenvalue weighted by Gasteiger charge is -2.40. The minimum Gasteiger partial charge on any atom is -0.247 e. The molecule has 2 fully saturated rings. The zero-order chi connectivity index (χ0) is 16.3. The fraction of sp³-hybridized carbons (Fsp3) is 1.00. The Bertz CT molecular complexity index is 320. The minimum atomic E-state index is -0.778. The van der Waals surface area contributed by atoms with E-state index in [2.05, 4.69) is 13.8 Å². The van der Waals surface area contributed by atoms with Crippen LogP contribution in [-0.4, -0.2) is 12.3 Å². The van der Waals surface area contributed by atoms with Crippen molar-refractivity contribution in [1.82, 2.24) is 0 Å². The zero-order valence-electron chi connectivity index (χ0n) is 15.0. The third-order valence-electron chi connectivity index (χ3n) is 6.64. The van der Waals surface area contributed by atoms with Gasteiger partial charge < -0.3 is 0 Å². The van der Waals surface area contributed by atoms with Gasteiger partial charge in [-0.3, -0.25) is 0 Å². The van der Waals surface area contributed by atoms with E-state index in [0.717, 1.165) is 24.7 Å². The van der Waals surface area contributed by atoms with Crippen molar-refractivity contribution in [2.45, 2.75) is 91.4 Å². The molecule has 0 spiro atoms. The van der Waals surface area contributed by atoms with Crippen LogP contribution in [0.5, 0.6) is 0 Å². The maximum absolute atomic E-state index is 14.7. The molecule has 0 amide bonds. The molecule has 0 N–H and O–H groups in total. The summed E-state index contributed by atoms with van der Waals surface area (Å²) in [5.74, 6) is 2.55. The molecule has 5 unspecified atom stereocenters. The lowest BCUT2D eigenvalue weighted by Crippen LogP contribution is -2.35. The number of alkyl halides is 2. The normalized spacial score (nSPS) is 39.7. The minimum absolute atomic E-state index is 0.0566. The van der Waals surface area contributed by atoms with Crippen molar-refractivity contribution in [3.8, 4) is 0 Å². The average molecular weight is 315 g/mol. The van der Waals surface area contributed by atoms with Gasteiger partial charge >= 0.3 is 0 Å². The second-order valence-electron chi connectivity index (χ2n) is 8.75. The molecule has 0 bridgehead atoms. The van der Waals surface area contributed by atoms with Crippen molar-refractivity contribution in [2.75, 3.05) is 0 Å². The highest BCUT2D eigenvalue weighted by Gasteiger charge is 2.38. The van der Waals surface area contributed by atoms with Crippen LogP contribution in [0.2, 0.25) is 0 Å². The van der Waals surface area contributed by atoms with Crippen LogP contribution in [0.25, 0.3) is 0 Å². The largest absolute Gasteiger partial charge is 0.247 e. The first-order valence-electron chi connectivity index (χ1n) is 9.66. The van der Waals surface area contributed by atoms with Gasteiger partial charge in [0.15, 0.2) is 0 Å². The molecule has 2 heteroatoms. The first kappa shape index (κ1) is 18.2. The van der Waals surface area contributed by atoms with E-state index in [1.54, 1.807) is 0 Å². The third kappa shape index (κ3) is 4.68. The molecule has 0 heterocycles. The van der Waals surface area contributed by atoms with Gasteiger partial charge in [0, 0.05) is 0 Å². The van der Waals surface area contributed by atoms with Gasteiger partial charge in [0.25, 0.3) is 0 Å². The molecule has 0 aromatic heterocycles. The molecule has 5 atom stereocenters. The summed E-state index contributed by atoms with van der Waals surface area (Å²) in [5, 5.41) is 0. The van der Waals surface area contributed by atoms with Crippen LogP contribution in [0.15, 0.2) is 0 Å². The predicted molar refractivity (Wildman–Crippen MR) is 90.4 cm³/mol. The van der Waals surface area contributed by atoms with Crippen molar-refractivity contribution < 1.29 is 8.78 Å². The summed E-state index contributed by atoms with van der Waals surface area (Å²) >= 11 is 0. The van der Waals surface area contributed by atoms with E-state index in [9.17, 15) is 8.78 Å². The Morgan fingerprint density at radius 2 is 1.50 bits per heavy atom. The first-order valence-corrected chi connectivity index (χ1v) is 9.66. The molecule has 130 valence electrons. The second kappa shape index (κ2) is 8.11. The maximum Gasteiger partial charge on any atom is 0.103 e. The smallest absolute Gasteiger partial charge is 0.103 e. The highest BCUT2D eigenvalue weighted by atomic mass is 19.1. The number of halogens is 2. The van der Waals surface area contributed by atoms with Gasteiger partial charge in [-0.2, -0.15) is 0 Å². The summed E-state index contributed by atoms with van der Waals surface area (Å²) in [6.07, 6.45) is 7.22. The Balaban J connectivity index is 1.82. The zero-order valence-corrected chi connectivity index (χ0v) is 15.0. The van der Waals surface area contributed by atoms with Crippen LogP contribution >= 0.6 is 0 Å². The molecule has 0 nitrogen and oxygen atoms in total. The van der Waals surface area contributed by atoms with Crippen LogP contribution in [0, 0.1) is 35.5 Å². The highest BCUT2D eigenvalue weighted by molar-refractivity contribution is 4.88. The Morgan fingerprint density at radius 3 is 2.05 bits per heavy atom. The van der Waals surface area contributed by atoms with Gasteiger partial charge in [0.1, 0.15) is 12.3 Å². The lowest BCUT2D eigenvalue weighted by atomic mass is 9.66. The van der Waals surface area contributed by atoms with Gasteiger partial charge in [0.2, 0.25) is 0 Å². The topological polar surface area (TPSA) is 0 Å². The van der Waals surface area contributed by atoms with E-state index in [1.165, 1.54) is 32.1 Å². The Labute approximate surface area is 136 Å². The molecular weight excluding hydrogens is 278 g/mol. The van der Waals surface area contributed by atoms with Gasteiger partial charge in [-0.05, 0) is 74.0 Å². The standard InChI is InChI=1S/C20H36F2/c1-13(2)19(21)11-15(4)18-10-9-17(12-20(18)22)16-7-5-14(3)6-8-16/h13-20H,5-12H2,1-4H3. The summed E-state index contributed by atoms with van der Waals surface area (Å²) < 4.78 is 28.6.